The Labute approximate surface area is 159 Å². The highest BCUT2D eigenvalue weighted by atomic mass is 16.1. The van der Waals surface area contributed by atoms with Gasteiger partial charge in [-0.1, -0.05) is 36.4 Å². The average Bonchev–Trinajstić information content (AvgIpc) is 2.86. The van der Waals surface area contributed by atoms with Crippen LogP contribution in [0.2, 0.25) is 0 Å². The van der Waals surface area contributed by atoms with Gasteiger partial charge in [0, 0.05) is 30.8 Å². The van der Waals surface area contributed by atoms with E-state index in [1.807, 2.05) is 36.4 Å². The zero-order valence-corrected chi connectivity index (χ0v) is 15.3. The van der Waals surface area contributed by atoms with Crippen molar-refractivity contribution in [1.29, 1.82) is 5.26 Å². The summed E-state index contributed by atoms with van der Waals surface area (Å²) < 4.78 is 0. The summed E-state index contributed by atoms with van der Waals surface area (Å²) in [5.74, 6) is 0.248. The lowest BCUT2D eigenvalue weighted by Crippen LogP contribution is -2.19. The highest BCUT2D eigenvalue weighted by Crippen LogP contribution is 2.37. The molecule has 3 aromatic rings. The molecule has 3 heteroatoms. The van der Waals surface area contributed by atoms with Crippen molar-refractivity contribution in [2.75, 3.05) is 11.4 Å². The van der Waals surface area contributed by atoms with Crippen LogP contribution in [0.25, 0.3) is 11.1 Å². The van der Waals surface area contributed by atoms with E-state index in [9.17, 15) is 10.1 Å². The number of benzene rings is 3. The standard InChI is InChI=1S/C24H20N2O/c1-17-12-24-20(15-23(17)19-7-3-2-4-8-19)14-22(27)10-11-26(24)21-9-5-6-18(13-21)16-25/h2-9,12-13,15H,10-11,14H2,1H3. The predicted molar refractivity (Wildman–Crippen MR) is 108 cm³/mol. The third kappa shape index (κ3) is 3.35. The number of carbonyl (C=O) groups excluding carboxylic acids is 1. The zero-order chi connectivity index (χ0) is 18.8. The van der Waals surface area contributed by atoms with Gasteiger partial charge in [0.25, 0.3) is 0 Å². The molecule has 3 nitrogen and oxygen atoms in total. The van der Waals surface area contributed by atoms with Gasteiger partial charge < -0.3 is 4.90 Å². The molecule has 0 aliphatic carbocycles. The van der Waals surface area contributed by atoms with Crippen LogP contribution >= 0.6 is 0 Å². The molecule has 0 saturated heterocycles. The first-order valence-corrected chi connectivity index (χ1v) is 9.14. The highest BCUT2D eigenvalue weighted by molar-refractivity contribution is 5.88. The Kier molecular flexibility index (Phi) is 4.48. The van der Waals surface area contributed by atoms with Crippen LogP contribution in [0.4, 0.5) is 11.4 Å². The Morgan fingerprint density at radius 3 is 2.59 bits per heavy atom. The van der Waals surface area contributed by atoms with Gasteiger partial charge in [0.1, 0.15) is 5.78 Å². The van der Waals surface area contributed by atoms with Gasteiger partial charge in [0.05, 0.1) is 11.6 Å². The van der Waals surface area contributed by atoms with Crippen molar-refractivity contribution in [2.45, 2.75) is 19.8 Å². The molecule has 1 aliphatic rings. The molecule has 4 rings (SSSR count). The summed E-state index contributed by atoms with van der Waals surface area (Å²) in [6, 6.07) is 24.4. The minimum absolute atomic E-state index is 0.248. The lowest BCUT2D eigenvalue weighted by Gasteiger charge is -2.26. The van der Waals surface area contributed by atoms with E-state index in [1.54, 1.807) is 6.07 Å². The Morgan fingerprint density at radius 1 is 1.00 bits per heavy atom. The second-order valence-corrected chi connectivity index (χ2v) is 6.94. The number of aryl methyl sites for hydroxylation is 1. The summed E-state index contributed by atoms with van der Waals surface area (Å²) in [5, 5.41) is 9.24. The number of fused-ring (bicyclic) bond motifs is 1. The van der Waals surface area contributed by atoms with Crippen LogP contribution in [0, 0.1) is 18.3 Å². The van der Waals surface area contributed by atoms with Crippen molar-refractivity contribution in [3.05, 3.63) is 83.4 Å². The molecular formula is C24H20N2O. The monoisotopic (exact) mass is 352 g/mol. The number of Topliss-reactive ketones (excluding diaryl/α,β-unsaturated/α-hetero) is 1. The number of anilines is 2. The van der Waals surface area contributed by atoms with Gasteiger partial charge in [-0.2, -0.15) is 5.26 Å². The fourth-order valence-electron chi connectivity index (χ4n) is 3.73. The van der Waals surface area contributed by atoms with Crippen LogP contribution in [0.1, 0.15) is 23.1 Å². The van der Waals surface area contributed by atoms with Crippen LogP contribution < -0.4 is 4.90 Å². The van der Waals surface area contributed by atoms with Crippen molar-refractivity contribution in [2.24, 2.45) is 0 Å². The van der Waals surface area contributed by atoms with E-state index >= 15 is 0 Å². The van der Waals surface area contributed by atoms with E-state index in [0.717, 1.165) is 28.1 Å². The SMILES string of the molecule is Cc1cc2c(cc1-c1ccccc1)CC(=O)CCN2c1cccc(C#N)c1. The third-order valence-corrected chi connectivity index (χ3v) is 5.09. The maximum absolute atomic E-state index is 12.4. The number of hydrogen-bond acceptors (Lipinski definition) is 3. The van der Waals surface area contributed by atoms with E-state index in [2.05, 4.69) is 42.2 Å². The van der Waals surface area contributed by atoms with Crippen molar-refractivity contribution < 1.29 is 4.79 Å². The van der Waals surface area contributed by atoms with E-state index in [1.165, 1.54) is 5.56 Å². The maximum Gasteiger partial charge on any atom is 0.139 e. The third-order valence-electron chi connectivity index (χ3n) is 5.09. The summed E-state index contributed by atoms with van der Waals surface area (Å²) in [7, 11) is 0. The van der Waals surface area contributed by atoms with Crippen molar-refractivity contribution in [3.8, 4) is 17.2 Å². The number of hydrogen-bond donors (Lipinski definition) is 0. The lowest BCUT2D eigenvalue weighted by atomic mass is 9.94. The van der Waals surface area contributed by atoms with E-state index in [-0.39, 0.29) is 5.78 Å². The Bertz CT molecular complexity index is 1050. The van der Waals surface area contributed by atoms with Gasteiger partial charge in [0.2, 0.25) is 0 Å². The first-order chi connectivity index (χ1) is 13.2. The summed E-state index contributed by atoms with van der Waals surface area (Å²) in [6.07, 6.45) is 0.953. The van der Waals surface area contributed by atoms with Crippen LogP contribution in [0.5, 0.6) is 0 Å². The number of carbonyl (C=O) groups is 1. The summed E-state index contributed by atoms with van der Waals surface area (Å²) in [5.41, 5.74) is 7.19. The lowest BCUT2D eigenvalue weighted by molar-refractivity contribution is -0.118. The number of rotatable bonds is 2. The van der Waals surface area contributed by atoms with E-state index in [0.29, 0.717) is 24.9 Å². The number of nitrogens with zero attached hydrogens (tertiary/aromatic N) is 2. The fraction of sp³-hybridized carbons (Fsp3) is 0.167. The van der Waals surface area contributed by atoms with Crippen LogP contribution in [0.3, 0.4) is 0 Å². The largest absolute Gasteiger partial charge is 0.341 e. The smallest absolute Gasteiger partial charge is 0.139 e. The minimum Gasteiger partial charge on any atom is -0.341 e. The molecule has 0 atom stereocenters. The summed E-state index contributed by atoms with van der Waals surface area (Å²) >= 11 is 0. The first-order valence-electron chi connectivity index (χ1n) is 9.14. The molecule has 132 valence electrons. The van der Waals surface area contributed by atoms with Crippen LogP contribution in [-0.4, -0.2) is 12.3 Å². The normalized spacial score (nSPS) is 13.6. The molecule has 0 unspecified atom stereocenters. The number of ketones is 1. The zero-order valence-electron chi connectivity index (χ0n) is 15.3. The molecule has 1 aliphatic heterocycles. The van der Waals surface area contributed by atoms with E-state index in [4.69, 9.17) is 0 Å². The topological polar surface area (TPSA) is 44.1 Å². The molecule has 0 saturated carbocycles. The molecule has 3 aromatic carbocycles. The van der Waals surface area contributed by atoms with Gasteiger partial charge in [-0.3, -0.25) is 4.79 Å². The fourth-order valence-corrected chi connectivity index (χ4v) is 3.73. The molecule has 0 bridgehead atoms. The molecular weight excluding hydrogens is 332 g/mol. The highest BCUT2D eigenvalue weighted by Gasteiger charge is 2.22. The molecule has 0 spiro atoms. The Balaban J connectivity index is 1.86. The van der Waals surface area contributed by atoms with Crippen LogP contribution in [-0.2, 0) is 11.2 Å². The minimum atomic E-state index is 0.248. The van der Waals surface area contributed by atoms with Gasteiger partial charge in [0.15, 0.2) is 0 Å². The predicted octanol–water partition coefficient (Wildman–Crippen LogP) is 5.19. The molecule has 1 heterocycles. The number of nitriles is 1. The van der Waals surface area contributed by atoms with Crippen molar-refractivity contribution >= 4 is 17.2 Å². The molecule has 0 N–H and O–H groups in total. The average molecular weight is 352 g/mol. The van der Waals surface area contributed by atoms with Crippen molar-refractivity contribution in [1.82, 2.24) is 0 Å². The second-order valence-electron chi connectivity index (χ2n) is 6.94. The summed E-state index contributed by atoms with van der Waals surface area (Å²) in [6.45, 7) is 2.74. The van der Waals surface area contributed by atoms with E-state index < -0.39 is 0 Å². The first kappa shape index (κ1) is 17.1. The quantitative estimate of drug-likeness (QED) is 0.638. The second kappa shape index (κ2) is 7.09. The summed E-state index contributed by atoms with van der Waals surface area (Å²) in [4.78, 5) is 14.6. The maximum atomic E-state index is 12.4. The molecule has 0 aromatic heterocycles. The molecule has 0 amide bonds. The van der Waals surface area contributed by atoms with Crippen LogP contribution in [0.15, 0.2) is 66.7 Å². The van der Waals surface area contributed by atoms with Gasteiger partial charge in [-0.05, 0) is 59.5 Å². The van der Waals surface area contributed by atoms with Gasteiger partial charge >= 0.3 is 0 Å². The Morgan fingerprint density at radius 2 is 1.81 bits per heavy atom. The molecule has 0 fully saturated rings. The van der Waals surface area contributed by atoms with Gasteiger partial charge in [-0.15, -0.1) is 0 Å². The van der Waals surface area contributed by atoms with Gasteiger partial charge in [-0.25, -0.2) is 0 Å². The van der Waals surface area contributed by atoms with Crippen molar-refractivity contribution in [3.63, 3.8) is 0 Å². The molecule has 0 radical (unpaired) electrons. The molecule has 27 heavy (non-hydrogen) atoms. The Hall–Kier alpha value is -3.38.